The van der Waals surface area contributed by atoms with E-state index in [2.05, 4.69) is 17.3 Å². The molecule has 110 valence electrons. The maximum atomic E-state index is 12.0. The highest BCUT2D eigenvalue weighted by molar-refractivity contribution is 5.94. The lowest BCUT2D eigenvalue weighted by atomic mass is 9.97. The number of allylic oxidation sites excluding steroid dienone is 1. The summed E-state index contributed by atoms with van der Waals surface area (Å²) < 4.78 is 5.28. The molecule has 21 heavy (non-hydrogen) atoms. The van der Waals surface area contributed by atoms with Crippen LogP contribution >= 0.6 is 0 Å². The van der Waals surface area contributed by atoms with Crippen LogP contribution in [0.4, 0.5) is 0 Å². The Hall–Kier alpha value is -2.21. The van der Waals surface area contributed by atoms with Crippen LogP contribution in [-0.4, -0.2) is 19.1 Å². The second kappa shape index (κ2) is 8.16. The average molecular weight is 283 g/mol. The SMILES string of the molecule is C#CCOc1ccc(C(=O)NCCC2=CCCCC2)cc1. The summed E-state index contributed by atoms with van der Waals surface area (Å²) in [7, 11) is 0. The minimum absolute atomic E-state index is 0.0464. The number of hydrogen-bond acceptors (Lipinski definition) is 2. The van der Waals surface area contributed by atoms with Gasteiger partial charge in [-0.25, -0.2) is 0 Å². The van der Waals surface area contributed by atoms with Gasteiger partial charge in [0.25, 0.3) is 5.91 Å². The third-order valence-corrected chi connectivity index (χ3v) is 3.56. The minimum atomic E-state index is -0.0464. The van der Waals surface area contributed by atoms with Crippen LogP contribution in [-0.2, 0) is 0 Å². The monoisotopic (exact) mass is 283 g/mol. The van der Waals surface area contributed by atoms with Crippen molar-refractivity contribution in [3.63, 3.8) is 0 Å². The summed E-state index contributed by atoms with van der Waals surface area (Å²) in [4.78, 5) is 12.0. The van der Waals surface area contributed by atoms with Crippen molar-refractivity contribution in [2.75, 3.05) is 13.2 Å². The number of ether oxygens (including phenoxy) is 1. The van der Waals surface area contributed by atoms with E-state index in [4.69, 9.17) is 11.2 Å². The maximum Gasteiger partial charge on any atom is 0.251 e. The second-order valence-electron chi connectivity index (χ2n) is 5.13. The van der Waals surface area contributed by atoms with Crippen LogP contribution in [0.2, 0.25) is 0 Å². The van der Waals surface area contributed by atoms with Crippen molar-refractivity contribution >= 4 is 5.91 Å². The summed E-state index contributed by atoms with van der Waals surface area (Å²) in [6, 6.07) is 7.02. The van der Waals surface area contributed by atoms with Crippen molar-refractivity contribution in [2.24, 2.45) is 0 Å². The van der Waals surface area contributed by atoms with Crippen LogP contribution in [0.5, 0.6) is 5.75 Å². The minimum Gasteiger partial charge on any atom is -0.481 e. The molecule has 1 aliphatic rings. The molecule has 0 saturated carbocycles. The predicted octanol–water partition coefficient (Wildman–Crippen LogP) is 3.32. The van der Waals surface area contributed by atoms with E-state index in [9.17, 15) is 4.79 Å². The van der Waals surface area contributed by atoms with Gasteiger partial charge in [-0.1, -0.05) is 17.6 Å². The van der Waals surface area contributed by atoms with Crippen LogP contribution in [0.1, 0.15) is 42.5 Å². The molecule has 0 saturated heterocycles. The van der Waals surface area contributed by atoms with Gasteiger partial charge in [-0.2, -0.15) is 0 Å². The van der Waals surface area contributed by atoms with Crippen LogP contribution in [0, 0.1) is 12.3 Å². The smallest absolute Gasteiger partial charge is 0.251 e. The highest BCUT2D eigenvalue weighted by Crippen LogP contribution is 2.19. The van der Waals surface area contributed by atoms with Crippen LogP contribution in [0.15, 0.2) is 35.9 Å². The highest BCUT2D eigenvalue weighted by Gasteiger charge is 2.07. The van der Waals surface area contributed by atoms with Crippen molar-refractivity contribution in [3.05, 3.63) is 41.5 Å². The summed E-state index contributed by atoms with van der Waals surface area (Å²) in [5.74, 6) is 3.04. The summed E-state index contributed by atoms with van der Waals surface area (Å²) in [5, 5.41) is 2.96. The van der Waals surface area contributed by atoms with Gasteiger partial charge in [0.05, 0.1) is 0 Å². The zero-order chi connectivity index (χ0) is 14.9. The highest BCUT2D eigenvalue weighted by atomic mass is 16.5. The first kappa shape index (κ1) is 15.2. The lowest BCUT2D eigenvalue weighted by molar-refractivity contribution is 0.0954. The Balaban J connectivity index is 1.77. The number of terminal acetylenes is 1. The normalized spacial score (nSPS) is 14.0. The van der Waals surface area contributed by atoms with Gasteiger partial charge in [-0.05, 0) is 56.4 Å². The number of benzene rings is 1. The van der Waals surface area contributed by atoms with E-state index in [1.54, 1.807) is 24.3 Å². The summed E-state index contributed by atoms with van der Waals surface area (Å²) in [6.45, 7) is 0.931. The maximum absolute atomic E-state index is 12.0. The third-order valence-electron chi connectivity index (χ3n) is 3.56. The quantitative estimate of drug-likeness (QED) is 0.642. The van der Waals surface area contributed by atoms with Gasteiger partial charge in [-0.3, -0.25) is 4.79 Å². The van der Waals surface area contributed by atoms with Crippen molar-refractivity contribution < 1.29 is 9.53 Å². The average Bonchev–Trinajstić information content (AvgIpc) is 2.54. The fraction of sp³-hybridized carbons (Fsp3) is 0.389. The Morgan fingerprint density at radius 1 is 1.29 bits per heavy atom. The van der Waals surface area contributed by atoms with Gasteiger partial charge in [0, 0.05) is 12.1 Å². The summed E-state index contributed by atoms with van der Waals surface area (Å²) >= 11 is 0. The van der Waals surface area contributed by atoms with E-state index in [0.717, 1.165) is 6.42 Å². The Morgan fingerprint density at radius 3 is 2.76 bits per heavy atom. The predicted molar refractivity (Wildman–Crippen MR) is 84.3 cm³/mol. The molecule has 1 N–H and O–H groups in total. The van der Waals surface area contributed by atoms with Crippen LogP contribution in [0.25, 0.3) is 0 Å². The molecule has 0 aromatic heterocycles. The van der Waals surface area contributed by atoms with Gasteiger partial charge in [0.2, 0.25) is 0 Å². The molecule has 0 bridgehead atoms. The molecule has 2 rings (SSSR count). The van der Waals surface area contributed by atoms with E-state index in [1.165, 1.54) is 31.3 Å². The first-order valence-corrected chi connectivity index (χ1v) is 7.42. The number of amides is 1. The molecular weight excluding hydrogens is 262 g/mol. The van der Waals surface area contributed by atoms with Gasteiger partial charge in [0.1, 0.15) is 12.4 Å². The van der Waals surface area contributed by atoms with Crippen LogP contribution < -0.4 is 10.1 Å². The standard InChI is InChI=1S/C18H21NO2/c1-2-14-21-17-10-8-16(9-11-17)18(20)19-13-12-15-6-4-3-5-7-15/h1,6,8-11H,3-5,7,12-14H2,(H,19,20). The fourth-order valence-electron chi connectivity index (χ4n) is 2.40. The van der Waals surface area contributed by atoms with Crippen molar-refractivity contribution in [1.29, 1.82) is 0 Å². The number of nitrogens with one attached hydrogen (secondary N) is 1. The molecule has 1 amide bonds. The molecular formula is C18H21NO2. The molecule has 1 aromatic carbocycles. The molecule has 3 nitrogen and oxygen atoms in total. The number of carbonyl (C=O) groups is 1. The third kappa shape index (κ3) is 5.00. The first-order chi connectivity index (χ1) is 10.3. The van der Waals surface area contributed by atoms with E-state index in [0.29, 0.717) is 17.9 Å². The lowest BCUT2D eigenvalue weighted by Gasteiger charge is -2.13. The summed E-state index contributed by atoms with van der Waals surface area (Å²) in [6.07, 6.45) is 13.3. The van der Waals surface area contributed by atoms with E-state index < -0.39 is 0 Å². The van der Waals surface area contributed by atoms with Gasteiger partial charge >= 0.3 is 0 Å². The first-order valence-electron chi connectivity index (χ1n) is 7.42. The second-order valence-corrected chi connectivity index (χ2v) is 5.13. The molecule has 0 atom stereocenters. The molecule has 0 radical (unpaired) electrons. The zero-order valence-corrected chi connectivity index (χ0v) is 12.2. The van der Waals surface area contributed by atoms with E-state index in [1.807, 2.05) is 0 Å². The number of carbonyl (C=O) groups excluding carboxylic acids is 1. The van der Waals surface area contributed by atoms with Gasteiger partial charge in [0.15, 0.2) is 0 Å². The van der Waals surface area contributed by atoms with Gasteiger partial charge in [-0.15, -0.1) is 6.42 Å². The largest absolute Gasteiger partial charge is 0.481 e. The molecule has 0 heterocycles. The molecule has 0 unspecified atom stereocenters. The fourth-order valence-corrected chi connectivity index (χ4v) is 2.40. The molecule has 3 heteroatoms. The Bertz CT molecular complexity index is 537. The topological polar surface area (TPSA) is 38.3 Å². The van der Waals surface area contributed by atoms with E-state index >= 15 is 0 Å². The molecule has 1 aliphatic carbocycles. The number of rotatable bonds is 6. The van der Waals surface area contributed by atoms with Gasteiger partial charge < -0.3 is 10.1 Å². The Morgan fingerprint density at radius 2 is 2.10 bits per heavy atom. The zero-order valence-electron chi connectivity index (χ0n) is 12.2. The Kier molecular flexibility index (Phi) is 5.90. The molecule has 0 spiro atoms. The van der Waals surface area contributed by atoms with Crippen molar-refractivity contribution in [3.8, 4) is 18.1 Å². The lowest BCUT2D eigenvalue weighted by Crippen LogP contribution is -2.24. The van der Waals surface area contributed by atoms with Crippen molar-refractivity contribution in [1.82, 2.24) is 5.32 Å². The van der Waals surface area contributed by atoms with E-state index in [-0.39, 0.29) is 12.5 Å². The summed E-state index contributed by atoms with van der Waals surface area (Å²) in [5.41, 5.74) is 2.11. The molecule has 0 aliphatic heterocycles. The van der Waals surface area contributed by atoms with Crippen LogP contribution in [0.3, 0.4) is 0 Å². The molecule has 1 aromatic rings. The van der Waals surface area contributed by atoms with Crippen molar-refractivity contribution in [2.45, 2.75) is 32.1 Å². The molecule has 0 fully saturated rings. The Labute approximate surface area is 126 Å². The number of hydrogen-bond donors (Lipinski definition) is 1.